The Morgan fingerprint density at radius 3 is 2.88 bits per heavy atom. The summed E-state index contributed by atoms with van der Waals surface area (Å²) in [6.45, 7) is 2.51. The molecule has 1 saturated heterocycles. The minimum Gasteiger partial charge on any atom is -0.480 e. The van der Waals surface area contributed by atoms with Crippen molar-refractivity contribution in [2.45, 2.75) is 44.4 Å². The van der Waals surface area contributed by atoms with Gasteiger partial charge in [0, 0.05) is 18.7 Å². The molecule has 5 nitrogen and oxygen atoms in total. The molecule has 1 aromatic heterocycles. The summed E-state index contributed by atoms with van der Waals surface area (Å²) in [7, 11) is 0. The molecule has 0 spiro atoms. The van der Waals surface area contributed by atoms with E-state index in [1.165, 1.54) is 0 Å². The molecule has 2 aromatic rings. The first-order chi connectivity index (χ1) is 12.8. The van der Waals surface area contributed by atoms with E-state index in [0.717, 1.165) is 49.4 Å². The molecule has 2 unspecified atom stereocenters. The molecule has 3 heterocycles. The number of fused-ring (bicyclic) bond motifs is 1. The highest BCUT2D eigenvalue weighted by atomic mass is 16.5. The molecule has 1 aromatic carbocycles. The predicted octanol–water partition coefficient (Wildman–Crippen LogP) is 2.56. The first kappa shape index (κ1) is 17.0. The number of hydrogen-bond acceptors (Lipinski definition) is 4. The maximum atomic E-state index is 13.4. The van der Waals surface area contributed by atoms with Crippen molar-refractivity contribution in [3.05, 3.63) is 59.9 Å². The number of carbonyl (C=O) groups excluding carboxylic acids is 1. The summed E-state index contributed by atoms with van der Waals surface area (Å²) in [4.78, 5) is 19.8. The number of para-hydroxylation sites is 1. The van der Waals surface area contributed by atoms with E-state index in [9.17, 15) is 4.79 Å². The van der Waals surface area contributed by atoms with Gasteiger partial charge in [-0.3, -0.25) is 9.78 Å². The molecule has 136 valence electrons. The molecule has 26 heavy (non-hydrogen) atoms. The van der Waals surface area contributed by atoms with E-state index in [1.807, 2.05) is 47.4 Å². The molecule has 1 N–H and O–H groups in total. The van der Waals surface area contributed by atoms with E-state index in [1.54, 1.807) is 6.20 Å². The van der Waals surface area contributed by atoms with E-state index in [-0.39, 0.29) is 11.9 Å². The minimum absolute atomic E-state index is 0.0822. The Balaban J connectivity index is 1.54. The number of rotatable bonds is 4. The standard InChI is InChI=1S/C21H25N3O2/c25-21(20-14-16-6-1-2-9-19(16)26-20)24(15-17-7-3-4-12-23-17)18-8-5-11-22-13-10-18/h1-4,6-7,9,12,18,20,22H,5,8,10-11,13-15H2. The SMILES string of the molecule is O=C(C1Cc2ccccc2O1)N(Cc1ccccn1)C1CCCNCC1. The summed E-state index contributed by atoms with van der Waals surface area (Å²) in [5.41, 5.74) is 2.04. The summed E-state index contributed by atoms with van der Waals surface area (Å²) >= 11 is 0. The first-order valence-electron chi connectivity index (χ1n) is 9.47. The van der Waals surface area contributed by atoms with Gasteiger partial charge in [0.05, 0.1) is 12.2 Å². The molecule has 1 fully saturated rings. The van der Waals surface area contributed by atoms with Gasteiger partial charge in [0.1, 0.15) is 5.75 Å². The molecule has 4 rings (SSSR count). The van der Waals surface area contributed by atoms with Crippen LogP contribution in [-0.4, -0.2) is 41.0 Å². The van der Waals surface area contributed by atoms with Gasteiger partial charge in [-0.2, -0.15) is 0 Å². The highest BCUT2D eigenvalue weighted by Gasteiger charge is 2.35. The highest BCUT2D eigenvalue weighted by Crippen LogP contribution is 2.30. The predicted molar refractivity (Wildman–Crippen MR) is 99.9 cm³/mol. The van der Waals surface area contributed by atoms with Crippen LogP contribution in [0.1, 0.15) is 30.5 Å². The third kappa shape index (κ3) is 3.73. The van der Waals surface area contributed by atoms with Gasteiger partial charge >= 0.3 is 0 Å². The lowest BCUT2D eigenvalue weighted by molar-refractivity contribution is -0.141. The molecule has 1 amide bonds. The largest absolute Gasteiger partial charge is 0.480 e. The molecule has 0 bridgehead atoms. The zero-order valence-corrected chi connectivity index (χ0v) is 14.9. The molecule has 2 aliphatic heterocycles. The minimum atomic E-state index is -0.424. The summed E-state index contributed by atoms with van der Waals surface area (Å²) in [5.74, 6) is 0.921. The van der Waals surface area contributed by atoms with Crippen molar-refractivity contribution in [2.24, 2.45) is 0 Å². The lowest BCUT2D eigenvalue weighted by Crippen LogP contribution is -2.47. The smallest absolute Gasteiger partial charge is 0.264 e. The molecule has 2 aliphatic rings. The zero-order valence-electron chi connectivity index (χ0n) is 14.9. The number of carbonyl (C=O) groups is 1. The van der Waals surface area contributed by atoms with Crippen molar-refractivity contribution in [3.63, 3.8) is 0 Å². The number of hydrogen-bond donors (Lipinski definition) is 1. The maximum Gasteiger partial charge on any atom is 0.264 e. The van der Waals surface area contributed by atoms with E-state index in [2.05, 4.69) is 10.3 Å². The molecular weight excluding hydrogens is 326 g/mol. The topological polar surface area (TPSA) is 54.5 Å². The van der Waals surface area contributed by atoms with Gasteiger partial charge in [-0.05, 0) is 56.1 Å². The number of amides is 1. The lowest BCUT2D eigenvalue weighted by Gasteiger charge is -2.32. The summed E-state index contributed by atoms with van der Waals surface area (Å²) < 4.78 is 5.98. The van der Waals surface area contributed by atoms with Crippen LogP contribution in [0.3, 0.4) is 0 Å². The van der Waals surface area contributed by atoms with Crippen molar-refractivity contribution >= 4 is 5.91 Å². The number of aromatic nitrogens is 1. The average molecular weight is 351 g/mol. The van der Waals surface area contributed by atoms with E-state index >= 15 is 0 Å². The molecule has 0 aliphatic carbocycles. The molecule has 0 radical (unpaired) electrons. The third-order valence-electron chi connectivity index (χ3n) is 5.25. The van der Waals surface area contributed by atoms with E-state index in [0.29, 0.717) is 13.0 Å². The Morgan fingerprint density at radius 2 is 2.04 bits per heavy atom. The van der Waals surface area contributed by atoms with Crippen LogP contribution in [0.15, 0.2) is 48.7 Å². The monoisotopic (exact) mass is 351 g/mol. The Hall–Kier alpha value is -2.40. The molecule has 2 atom stereocenters. The quantitative estimate of drug-likeness (QED) is 0.920. The fourth-order valence-corrected chi connectivity index (χ4v) is 3.87. The van der Waals surface area contributed by atoms with Gasteiger partial charge in [0.2, 0.25) is 0 Å². The summed E-state index contributed by atoms with van der Waals surface area (Å²) in [5, 5.41) is 3.43. The van der Waals surface area contributed by atoms with Crippen molar-refractivity contribution in [3.8, 4) is 5.75 Å². The van der Waals surface area contributed by atoms with Crippen LogP contribution in [0.5, 0.6) is 5.75 Å². The van der Waals surface area contributed by atoms with Crippen LogP contribution in [0.2, 0.25) is 0 Å². The molecule has 5 heteroatoms. The lowest BCUT2D eigenvalue weighted by atomic mass is 10.0. The summed E-state index contributed by atoms with van der Waals surface area (Å²) in [6, 6.07) is 14.0. The number of nitrogens with zero attached hydrogens (tertiary/aromatic N) is 2. The fourth-order valence-electron chi connectivity index (χ4n) is 3.87. The third-order valence-corrected chi connectivity index (χ3v) is 5.25. The van der Waals surface area contributed by atoms with Crippen LogP contribution in [0.4, 0.5) is 0 Å². The van der Waals surface area contributed by atoms with Gasteiger partial charge in [-0.1, -0.05) is 24.3 Å². The van der Waals surface area contributed by atoms with Gasteiger partial charge < -0.3 is 15.0 Å². The van der Waals surface area contributed by atoms with Crippen LogP contribution >= 0.6 is 0 Å². The van der Waals surface area contributed by atoms with Crippen LogP contribution < -0.4 is 10.1 Å². The van der Waals surface area contributed by atoms with Gasteiger partial charge in [0.25, 0.3) is 5.91 Å². The average Bonchev–Trinajstić information content (AvgIpc) is 2.94. The van der Waals surface area contributed by atoms with Crippen molar-refractivity contribution < 1.29 is 9.53 Å². The Morgan fingerprint density at radius 1 is 1.15 bits per heavy atom. The Bertz CT molecular complexity index is 717. The van der Waals surface area contributed by atoms with Gasteiger partial charge in [0.15, 0.2) is 6.10 Å². The van der Waals surface area contributed by atoms with Crippen molar-refractivity contribution in [1.29, 1.82) is 0 Å². The second-order valence-corrected chi connectivity index (χ2v) is 7.04. The number of ether oxygens (including phenoxy) is 1. The maximum absolute atomic E-state index is 13.4. The normalized spacial score (nSPS) is 22.2. The van der Waals surface area contributed by atoms with Crippen molar-refractivity contribution in [2.75, 3.05) is 13.1 Å². The highest BCUT2D eigenvalue weighted by molar-refractivity contribution is 5.83. The second kappa shape index (κ2) is 7.87. The van der Waals surface area contributed by atoms with Crippen LogP contribution in [0, 0.1) is 0 Å². The van der Waals surface area contributed by atoms with Crippen LogP contribution in [-0.2, 0) is 17.8 Å². The number of pyridine rings is 1. The fraction of sp³-hybridized carbons (Fsp3) is 0.429. The Labute approximate surface area is 154 Å². The zero-order chi connectivity index (χ0) is 17.8. The van der Waals surface area contributed by atoms with Gasteiger partial charge in [-0.25, -0.2) is 0 Å². The van der Waals surface area contributed by atoms with Gasteiger partial charge in [-0.15, -0.1) is 0 Å². The van der Waals surface area contributed by atoms with Crippen LogP contribution in [0.25, 0.3) is 0 Å². The summed E-state index contributed by atoms with van der Waals surface area (Å²) in [6.07, 6.45) is 5.09. The van der Waals surface area contributed by atoms with E-state index in [4.69, 9.17) is 4.74 Å². The second-order valence-electron chi connectivity index (χ2n) is 7.04. The van der Waals surface area contributed by atoms with Crippen molar-refractivity contribution in [1.82, 2.24) is 15.2 Å². The van der Waals surface area contributed by atoms with E-state index < -0.39 is 6.10 Å². The Kier molecular flexibility index (Phi) is 5.16. The number of benzene rings is 1. The molecule has 0 saturated carbocycles. The first-order valence-corrected chi connectivity index (χ1v) is 9.47. The molecular formula is C21H25N3O2. The number of nitrogens with one attached hydrogen (secondary N) is 1.